The Balaban J connectivity index is 2.33. The first kappa shape index (κ1) is 12.5. The zero-order valence-electron chi connectivity index (χ0n) is 10.0. The van der Waals surface area contributed by atoms with Gasteiger partial charge in [0.05, 0.1) is 0 Å². The van der Waals surface area contributed by atoms with Crippen molar-refractivity contribution < 1.29 is 4.79 Å². The van der Waals surface area contributed by atoms with Crippen LogP contribution >= 0.6 is 11.8 Å². The minimum atomic E-state index is -0.443. The van der Waals surface area contributed by atoms with E-state index in [9.17, 15) is 4.79 Å². The van der Waals surface area contributed by atoms with Crippen LogP contribution in [0.15, 0.2) is 52.3 Å². The zero-order chi connectivity index (χ0) is 13.1. The van der Waals surface area contributed by atoms with E-state index in [0.717, 1.165) is 9.79 Å². The van der Waals surface area contributed by atoms with Crippen LogP contribution in [0.4, 0.5) is 5.69 Å². The second kappa shape index (κ2) is 5.14. The summed E-state index contributed by atoms with van der Waals surface area (Å²) < 4.78 is 0. The van der Waals surface area contributed by atoms with Crippen molar-refractivity contribution in [3.05, 3.63) is 53.6 Å². The Morgan fingerprint density at radius 3 is 2.61 bits per heavy atom. The fourth-order valence-electron chi connectivity index (χ4n) is 1.58. The van der Waals surface area contributed by atoms with Gasteiger partial charge in [0.1, 0.15) is 0 Å². The largest absolute Gasteiger partial charge is 0.398 e. The minimum Gasteiger partial charge on any atom is -0.398 e. The molecular weight excluding hydrogens is 244 g/mol. The molecule has 4 heteroatoms. The van der Waals surface area contributed by atoms with Gasteiger partial charge < -0.3 is 11.5 Å². The van der Waals surface area contributed by atoms with Gasteiger partial charge >= 0.3 is 0 Å². The van der Waals surface area contributed by atoms with Crippen LogP contribution in [0.5, 0.6) is 0 Å². The lowest BCUT2D eigenvalue weighted by Crippen LogP contribution is -2.11. The van der Waals surface area contributed by atoms with Crippen molar-refractivity contribution in [2.24, 2.45) is 5.73 Å². The van der Waals surface area contributed by atoms with Crippen LogP contribution in [0.2, 0.25) is 0 Å². The van der Waals surface area contributed by atoms with E-state index in [1.165, 1.54) is 17.3 Å². The molecule has 2 aromatic rings. The molecule has 0 fully saturated rings. The molecule has 1 amide bonds. The number of carbonyl (C=O) groups is 1. The third-order valence-electron chi connectivity index (χ3n) is 2.52. The summed E-state index contributed by atoms with van der Waals surface area (Å²) >= 11 is 1.53. The van der Waals surface area contributed by atoms with Crippen LogP contribution in [0.25, 0.3) is 0 Å². The third-order valence-corrected chi connectivity index (χ3v) is 3.58. The van der Waals surface area contributed by atoms with Crippen molar-refractivity contribution >= 4 is 23.4 Å². The number of hydrogen-bond acceptors (Lipinski definition) is 3. The lowest BCUT2D eigenvalue weighted by Gasteiger charge is -2.07. The van der Waals surface area contributed by atoms with Gasteiger partial charge in [-0.1, -0.05) is 29.5 Å². The van der Waals surface area contributed by atoms with Crippen LogP contribution in [-0.2, 0) is 0 Å². The van der Waals surface area contributed by atoms with E-state index < -0.39 is 5.91 Å². The summed E-state index contributed by atoms with van der Waals surface area (Å²) in [4.78, 5) is 13.1. The van der Waals surface area contributed by atoms with Crippen molar-refractivity contribution in [2.75, 3.05) is 5.73 Å². The number of rotatable bonds is 3. The number of anilines is 1. The number of nitrogen functional groups attached to an aromatic ring is 1. The lowest BCUT2D eigenvalue weighted by atomic mass is 10.2. The van der Waals surface area contributed by atoms with Gasteiger partial charge in [0.25, 0.3) is 0 Å². The molecule has 0 aliphatic carbocycles. The van der Waals surface area contributed by atoms with Gasteiger partial charge in [0.2, 0.25) is 5.91 Å². The summed E-state index contributed by atoms with van der Waals surface area (Å²) in [5.41, 5.74) is 13.5. The average Bonchev–Trinajstić information content (AvgIpc) is 2.31. The topological polar surface area (TPSA) is 69.1 Å². The maximum Gasteiger partial charge on any atom is 0.248 e. The molecule has 0 heterocycles. The van der Waals surface area contributed by atoms with Crippen molar-refractivity contribution in [1.29, 1.82) is 0 Å². The fourth-order valence-corrected chi connectivity index (χ4v) is 2.60. The van der Waals surface area contributed by atoms with Crippen molar-refractivity contribution in [3.8, 4) is 0 Å². The lowest BCUT2D eigenvalue weighted by molar-refractivity contribution is 0.1000. The SMILES string of the molecule is Cc1cccc(Sc2cc(C(N)=O)ccc2N)c1. The number of nitrogens with two attached hydrogens (primary N) is 2. The predicted molar refractivity (Wildman–Crippen MR) is 74.7 cm³/mol. The Kier molecular flexibility index (Phi) is 3.58. The van der Waals surface area contributed by atoms with E-state index in [1.54, 1.807) is 18.2 Å². The zero-order valence-corrected chi connectivity index (χ0v) is 10.8. The van der Waals surface area contributed by atoms with Gasteiger partial charge in [0, 0.05) is 21.0 Å². The normalized spacial score (nSPS) is 10.3. The summed E-state index contributed by atoms with van der Waals surface area (Å²) in [7, 11) is 0. The summed E-state index contributed by atoms with van der Waals surface area (Å²) in [6.07, 6.45) is 0. The molecule has 2 aromatic carbocycles. The molecule has 0 aliphatic rings. The number of hydrogen-bond donors (Lipinski definition) is 2. The van der Waals surface area contributed by atoms with E-state index in [1.807, 2.05) is 25.1 Å². The van der Waals surface area contributed by atoms with Gasteiger partial charge in [-0.15, -0.1) is 0 Å². The summed E-state index contributed by atoms with van der Waals surface area (Å²) in [5, 5.41) is 0. The first-order valence-corrected chi connectivity index (χ1v) is 6.32. The molecule has 0 atom stereocenters. The fraction of sp³-hybridized carbons (Fsp3) is 0.0714. The second-order valence-electron chi connectivity index (χ2n) is 4.04. The van der Waals surface area contributed by atoms with E-state index in [2.05, 4.69) is 6.07 Å². The van der Waals surface area contributed by atoms with E-state index >= 15 is 0 Å². The highest BCUT2D eigenvalue weighted by Crippen LogP contribution is 2.33. The number of benzene rings is 2. The van der Waals surface area contributed by atoms with Gasteiger partial charge in [-0.25, -0.2) is 0 Å². The molecule has 0 bridgehead atoms. The minimum absolute atomic E-state index is 0.443. The predicted octanol–water partition coefficient (Wildman–Crippen LogP) is 2.83. The van der Waals surface area contributed by atoms with Gasteiger partial charge in [-0.2, -0.15) is 0 Å². The maximum atomic E-state index is 11.1. The van der Waals surface area contributed by atoms with Gasteiger partial charge in [0.15, 0.2) is 0 Å². The third kappa shape index (κ3) is 2.84. The standard InChI is InChI=1S/C14H14N2OS/c1-9-3-2-4-11(7-9)18-13-8-10(14(16)17)5-6-12(13)15/h2-8H,15H2,1H3,(H2,16,17). The van der Waals surface area contributed by atoms with Crippen molar-refractivity contribution in [1.82, 2.24) is 0 Å². The highest BCUT2D eigenvalue weighted by molar-refractivity contribution is 7.99. The summed E-state index contributed by atoms with van der Waals surface area (Å²) in [5.74, 6) is -0.443. The molecule has 0 aliphatic heterocycles. The Hall–Kier alpha value is -1.94. The Bertz CT molecular complexity index is 596. The number of primary amides is 1. The van der Waals surface area contributed by atoms with Gasteiger partial charge in [-0.3, -0.25) is 4.79 Å². The average molecular weight is 258 g/mol. The first-order valence-electron chi connectivity index (χ1n) is 5.50. The van der Waals surface area contributed by atoms with E-state index in [0.29, 0.717) is 11.3 Å². The molecule has 0 saturated carbocycles. The molecule has 0 spiro atoms. The smallest absolute Gasteiger partial charge is 0.248 e. The summed E-state index contributed by atoms with van der Waals surface area (Å²) in [6.45, 7) is 2.03. The summed E-state index contributed by atoms with van der Waals surface area (Å²) in [6, 6.07) is 13.2. The number of carbonyl (C=O) groups excluding carboxylic acids is 1. The second-order valence-corrected chi connectivity index (χ2v) is 5.15. The van der Waals surface area contributed by atoms with Crippen LogP contribution in [0.1, 0.15) is 15.9 Å². The van der Waals surface area contributed by atoms with Crippen molar-refractivity contribution in [2.45, 2.75) is 16.7 Å². The quantitative estimate of drug-likeness (QED) is 0.832. The molecule has 0 unspecified atom stereocenters. The van der Waals surface area contributed by atoms with Crippen molar-refractivity contribution in [3.63, 3.8) is 0 Å². The van der Waals surface area contributed by atoms with E-state index in [-0.39, 0.29) is 0 Å². The number of amides is 1. The molecule has 0 saturated heterocycles. The van der Waals surface area contributed by atoms with E-state index in [4.69, 9.17) is 11.5 Å². The molecule has 18 heavy (non-hydrogen) atoms. The van der Waals surface area contributed by atoms with Crippen LogP contribution in [0.3, 0.4) is 0 Å². The Morgan fingerprint density at radius 1 is 1.17 bits per heavy atom. The van der Waals surface area contributed by atoms with Crippen LogP contribution in [-0.4, -0.2) is 5.91 Å². The monoisotopic (exact) mass is 258 g/mol. The molecule has 92 valence electrons. The maximum absolute atomic E-state index is 11.1. The Morgan fingerprint density at radius 2 is 1.94 bits per heavy atom. The number of aryl methyl sites for hydroxylation is 1. The molecule has 2 rings (SSSR count). The molecule has 0 aromatic heterocycles. The molecule has 4 N–H and O–H groups in total. The van der Waals surface area contributed by atoms with Crippen LogP contribution in [0, 0.1) is 6.92 Å². The highest BCUT2D eigenvalue weighted by atomic mass is 32.2. The molecule has 3 nitrogen and oxygen atoms in total. The first-order chi connectivity index (χ1) is 8.56. The van der Waals surface area contributed by atoms with Crippen LogP contribution < -0.4 is 11.5 Å². The Labute approximate surface area is 110 Å². The van der Waals surface area contributed by atoms with Gasteiger partial charge in [-0.05, 0) is 37.3 Å². The molecule has 0 radical (unpaired) electrons. The highest BCUT2D eigenvalue weighted by Gasteiger charge is 2.07. The molecular formula is C14H14N2OS.